The number of hydrogen-bond acceptors (Lipinski definition) is 3. The molecule has 0 radical (unpaired) electrons. The zero-order chi connectivity index (χ0) is 10.9. The minimum absolute atomic E-state index is 0.0167. The Morgan fingerprint density at radius 2 is 2.40 bits per heavy atom. The van der Waals surface area contributed by atoms with Crippen molar-refractivity contribution < 1.29 is 9.90 Å². The molecule has 0 spiro atoms. The molecule has 1 aromatic heterocycles. The lowest BCUT2D eigenvalue weighted by Crippen LogP contribution is -2.39. The Morgan fingerprint density at radius 1 is 1.67 bits per heavy atom. The highest BCUT2D eigenvalue weighted by Gasteiger charge is 2.43. The first-order chi connectivity index (χ1) is 7.15. The molecule has 0 aliphatic heterocycles. The average molecular weight is 206 g/mol. The molecule has 1 aliphatic carbocycles. The third-order valence-corrected chi connectivity index (χ3v) is 2.69. The van der Waals surface area contributed by atoms with Gasteiger partial charge in [-0.1, -0.05) is 0 Å². The van der Waals surface area contributed by atoms with Crippen molar-refractivity contribution >= 4 is 5.91 Å². The molecular weight excluding hydrogens is 192 g/mol. The van der Waals surface area contributed by atoms with Gasteiger partial charge in [0.25, 0.3) is 5.91 Å². The van der Waals surface area contributed by atoms with E-state index in [2.05, 4.69) is 10.3 Å². The fourth-order valence-corrected chi connectivity index (χ4v) is 1.47. The van der Waals surface area contributed by atoms with E-state index in [-0.39, 0.29) is 18.1 Å². The van der Waals surface area contributed by atoms with E-state index < -0.39 is 0 Å². The van der Waals surface area contributed by atoms with Crippen molar-refractivity contribution in [1.29, 1.82) is 0 Å². The molecule has 1 saturated carbocycles. The van der Waals surface area contributed by atoms with Gasteiger partial charge in [-0.25, -0.2) is 0 Å². The first kappa shape index (κ1) is 10.1. The molecule has 1 aliphatic rings. The van der Waals surface area contributed by atoms with Gasteiger partial charge in [0.15, 0.2) is 0 Å². The molecule has 0 aromatic carbocycles. The van der Waals surface area contributed by atoms with Crippen LogP contribution in [-0.4, -0.2) is 28.1 Å². The zero-order valence-electron chi connectivity index (χ0n) is 8.66. The lowest BCUT2D eigenvalue weighted by molar-refractivity contribution is 0.0906. The standard InChI is InChI=1S/C11H14N2O2/c1-8-6-9(2-5-12-8)10(15)13-11(7-14)3-4-11/h2,5-6,14H,3-4,7H2,1H3,(H,13,15). The highest BCUT2D eigenvalue weighted by molar-refractivity contribution is 5.94. The van der Waals surface area contributed by atoms with E-state index in [0.29, 0.717) is 5.56 Å². The number of aliphatic hydroxyl groups excluding tert-OH is 1. The Hall–Kier alpha value is -1.42. The smallest absolute Gasteiger partial charge is 0.251 e. The summed E-state index contributed by atoms with van der Waals surface area (Å²) in [5.74, 6) is -0.132. The van der Waals surface area contributed by atoms with Crippen LogP contribution in [0.1, 0.15) is 28.9 Å². The predicted octanol–water partition coefficient (Wildman–Crippen LogP) is 0.645. The van der Waals surface area contributed by atoms with Crippen molar-refractivity contribution in [3.05, 3.63) is 29.6 Å². The monoisotopic (exact) mass is 206 g/mol. The fraction of sp³-hybridized carbons (Fsp3) is 0.455. The topological polar surface area (TPSA) is 62.2 Å². The van der Waals surface area contributed by atoms with Gasteiger partial charge in [-0.05, 0) is 31.9 Å². The Bertz CT molecular complexity index is 386. The molecule has 1 heterocycles. The summed E-state index contributed by atoms with van der Waals surface area (Å²) < 4.78 is 0. The van der Waals surface area contributed by atoms with Gasteiger partial charge >= 0.3 is 0 Å². The number of nitrogens with zero attached hydrogens (tertiary/aromatic N) is 1. The summed E-state index contributed by atoms with van der Waals surface area (Å²) in [4.78, 5) is 15.8. The number of pyridine rings is 1. The molecule has 0 unspecified atom stereocenters. The maximum Gasteiger partial charge on any atom is 0.251 e. The minimum Gasteiger partial charge on any atom is -0.394 e. The van der Waals surface area contributed by atoms with Gasteiger partial charge in [0, 0.05) is 17.5 Å². The van der Waals surface area contributed by atoms with E-state index >= 15 is 0 Å². The number of carbonyl (C=O) groups excluding carboxylic acids is 1. The van der Waals surface area contributed by atoms with Crippen LogP contribution in [-0.2, 0) is 0 Å². The van der Waals surface area contributed by atoms with Crippen molar-refractivity contribution in [1.82, 2.24) is 10.3 Å². The Labute approximate surface area is 88.3 Å². The highest BCUT2D eigenvalue weighted by atomic mass is 16.3. The Kier molecular flexibility index (Phi) is 2.44. The minimum atomic E-state index is -0.353. The Morgan fingerprint density at radius 3 is 2.93 bits per heavy atom. The summed E-state index contributed by atoms with van der Waals surface area (Å²) in [6.45, 7) is 1.86. The number of hydrogen-bond donors (Lipinski definition) is 2. The first-order valence-electron chi connectivity index (χ1n) is 5.01. The highest BCUT2D eigenvalue weighted by Crippen LogP contribution is 2.34. The molecule has 2 N–H and O–H groups in total. The van der Waals surface area contributed by atoms with Crippen LogP contribution < -0.4 is 5.32 Å². The van der Waals surface area contributed by atoms with E-state index in [4.69, 9.17) is 5.11 Å². The molecule has 80 valence electrons. The molecule has 1 amide bonds. The molecule has 15 heavy (non-hydrogen) atoms. The van der Waals surface area contributed by atoms with Crippen molar-refractivity contribution in [2.45, 2.75) is 25.3 Å². The molecule has 4 heteroatoms. The van der Waals surface area contributed by atoms with Crippen molar-refractivity contribution in [3.8, 4) is 0 Å². The van der Waals surface area contributed by atoms with Gasteiger partial charge in [0.2, 0.25) is 0 Å². The third-order valence-electron chi connectivity index (χ3n) is 2.69. The molecule has 1 fully saturated rings. The molecule has 4 nitrogen and oxygen atoms in total. The van der Waals surface area contributed by atoms with Crippen LogP contribution in [0.15, 0.2) is 18.3 Å². The van der Waals surface area contributed by atoms with E-state index in [1.54, 1.807) is 18.3 Å². The van der Waals surface area contributed by atoms with Gasteiger partial charge in [-0.15, -0.1) is 0 Å². The van der Waals surface area contributed by atoms with Crippen LogP contribution in [0.4, 0.5) is 0 Å². The largest absolute Gasteiger partial charge is 0.394 e. The van der Waals surface area contributed by atoms with Crippen LogP contribution in [0, 0.1) is 6.92 Å². The van der Waals surface area contributed by atoms with Crippen molar-refractivity contribution in [2.24, 2.45) is 0 Å². The van der Waals surface area contributed by atoms with Gasteiger partial charge < -0.3 is 10.4 Å². The summed E-state index contributed by atoms with van der Waals surface area (Å²) in [7, 11) is 0. The van der Waals surface area contributed by atoms with E-state index in [1.165, 1.54) is 0 Å². The van der Waals surface area contributed by atoms with Crippen LogP contribution in [0.5, 0.6) is 0 Å². The second kappa shape index (κ2) is 3.62. The van der Waals surface area contributed by atoms with Gasteiger partial charge in [-0.2, -0.15) is 0 Å². The number of nitrogens with one attached hydrogen (secondary N) is 1. The molecule has 2 rings (SSSR count). The number of aliphatic hydroxyl groups is 1. The van der Waals surface area contributed by atoms with Crippen molar-refractivity contribution in [2.75, 3.05) is 6.61 Å². The number of carbonyl (C=O) groups is 1. The number of aromatic nitrogens is 1. The predicted molar refractivity (Wildman–Crippen MR) is 55.5 cm³/mol. The molecule has 0 atom stereocenters. The summed E-state index contributed by atoms with van der Waals surface area (Å²) in [5.41, 5.74) is 1.06. The third kappa shape index (κ3) is 2.15. The van der Waals surface area contributed by atoms with E-state index in [9.17, 15) is 4.79 Å². The van der Waals surface area contributed by atoms with Gasteiger partial charge in [0.1, 0.15) is 0 Å². The van der Waals surface area contributed by atoms with Crippen LogP contribution in [0.3, 0.4) is 0 Å². The normalized spacial score (nSPS) is 17.2. The van der Waals surface area contributed by atoms with Gasteiger partial charge in [-0.3, -0.25) is 9.78 Å². The first-order valence-corrected chi connectivity index (χ1v) is 5.01. The van der Waals surface area contributed by atoms with Crippen LogP contribution in [0.2, 0.25) is 0 Å². The van der Waals surface area contributed by atoms with E-state index in [0.717, 1.165) is 18.5 Å². The number of aryl methyl sites for hydroxylation is 1. The molecule has 0 bridgehead atoms. The zero-order valence-corrected chi connectivity index (χ0v) is 8.66. The maximum atomic E-state index is 11.8. The quantitative estimate of drug-likeness (QED) is 0.763. The maximum absolute atomic E-state index is 11.8. The molecule has 1 aromatic rings. The lowest BCUT2D eigenvalue weighted by atomic mass is 10.2. The summed E-state index contributed by atoms with van der Waals surface area (Å²) in [5, 5.41) is 11.9. The SMILES string of the molecule is Cc1cc(C(=O)NC2(CO)CC2)ccn1. The lowest BCUT2D eigenvalue weighted by Gasteiger charge is -2.14. The molecule has 0 saturated heterocycles. The second-order valence-corrected chi connectivity index (χ2v) is 4.08. The number of amides is 1. The number of rotatable bonds is 3. The van der Waals surface area contributed by atoms with Crippen molar-refractivity contribution in [3.63, 3.8) is 0 Å². The Balaban J connectivity index is 2.08. The average Bonchev–Trinajstić information content (AvgIpc) is 2.98. The van der Waals surface area contributed by atoms with Crippen LogP contribution in [0.25, 0.3) is 0 Å². The van der Waals surface area contributed by atoms with Crippen LogP contribution >= 0.6 is 0 Å². The van der Waals surface area contributed by atoms with E-state index in [1.807, 2.05) is 6.92 Å². The fourth-order valence-electron chi connectivity index (χ4n) is 1.47. The summed E-state index contributed by atoms with van der Waals surface area (Å²) >= 11 is 0. The van der Waals surface area contributed by atoms with Gasteiger partial charge in [0.05, 0.1) is 12.1 Å². The summed E-state index contributed by atoms with van der Waals surface area (Å²) in [6.07, 6.45) is 3.33. The molecular formula is C11H14N2O2. The summed E-state index contributed by atoms with van der Waals surface area (Å²) in [6, 6.07) is 3.42. The second-order valence-electron chi connectivity index (χ2n) is 4.08.